The van der Waals surface area contributed by atoms with E-state index in [1.807, 2.05) is 13.0 Å². The van der Waals surface area contributed by atoms with Crippen LogP contribution < -0.4 is 11.0 Å². The maximum absolute atomic E-state index is 13.2. The van der Waals surface area contributed by atoms with E-state index in [0.29, 0.717) is 23.2 Å². The molecule has 0 aliphatic heterocycles. The van der Waals surface area contributed by atoms with Crippen LogP contribution in [0.2, 0.25) is 0 Å². The van der Waals surface area contributed by atoms with Gasteiger partial charge in [-0.25, -0.2) is 0 Å². The van der Waals surface area contributed by atoms with E-state index in [1.165, 1.54) is 12.8 Å². The Bertz CT molecular complexity index is 1040. The van der Waals surface area contributed by atoms with E-state index in [4.69, 9.17) is 4.42 Å². The molecule has 2 heterocycles. The highest BCUT2D eigenvalue weighted by Crippen LogP contribution is 2.27. The van der Waals surface area contributed by atoms with Gasteiger partial charge in [-0.1, -0.05) is 44.7 Å². The molecule has 0 amide bonds. The summed E-state index contributed by atoms with van der Waals surface area (Å²) in [7, 11) is 0. The van der Waals surface area contributed by atoms with Crippen LogP contribution in [0.5, 0.6) is 0 Å². The molecule has 1 aliphatic rings. The van der Waals surface area contributed by atoms with Gasteiger partial charge in [0.1, 0.15) is 11.4 Å². The first-order valence-corrected chi connectivity index (χ1v) is 9.17. The molecule has 1 saturated carbocycles. The van der Waals surface area contributed by atoms with E-state index >= 15 is 0 Å². The number of aromatic nitrogens is 2. The van der Waals surface area contributed by atoms with Gasteiger partial charge in [-0.3, -0.25) is 14.2 Å². The number of hydrogen-bond acceptors (Lipinski definition) is 4. The van der Waals surface area contributed by atoms with Gasteiger partial charge in [0.25, 0.3) is 5.56 Å². The predicted molar refractivity (Wildman–Crippen MR) is 98.2 cm³/mol. The fraction of sp³-hybridized carbons (Fsp3) is 0.450. The Hall–Kier alpha value is -2.43. The highest BCUT2D eigenvalue weighted by Gasteiger charge is 2.22. The van der Waals surface area contributed by atoms with Gasteiger partial charge >= 0.3 is 0 Å². The molecule has 25 heavy (non-hydrogen) atoms. The van der Waals surface area contributed by atoms with Crippen molar-refractivity contribution >= 4 is 22.1 Å². The van der Waals surface area contributed by atoms with Crippen LogP contribution in [0.1, 0.15) is 57.3 Å². The number of aryl methyl sites for hydroxylation is 1. The Balaban J connectivity index is 2.04. The van der Waals surface area contributed by atoms with Crippen molar-refractivity contribution in [1.29, 1.82) is 0 Å². The highest BCUT2D eigenvalue weighted by atomic mass is 16.3. The van der Waals surface area contributed by atoms with E-state index in [9.17, 15) is 9.59 Å². The minimum atomic E-state index is -0.278. The van der Waals surface area contributed by atoms with Crippen LogP contribution in [0.3, 0.4) is 0 Å². The molecule has 2 aromatic heterocycles. The highest BCUT2D eigenvalue weighted by molar-refractivity contribution is 5.87. The standard InChI is InChI=1S/C20H22N2O3/c1-2-16-21-19-17(18(23)14-11-7-8-12-15(14)25-19)20(24)22(16)13-9-5-3-4-6-10-13/h7-8,11-13H,2-6,9-10H2,1H3. The van der Waals surface area contributed by atoms with Crippen LogP contribution in [0, 0.1) is 0 Å². The van der Waals surface area contributed by atoms with E-state index in [0.717, 1.165) is 25.7 Å². The molecule has 0 spiro atoms. The van der Waals surface area contributed by atoms with E-state index in [1.54, 1.807) is 22.8 Å². The number of fused-ring (bicyclic) bond motifs is 2. The fourth-order valence-electron chi connectivity index (χ4n) is 3.95. The molecule has 0 bridgehead atoms. The van der Waals surface area contributed by atoms with Crippen molar-refractivity contribution in [2.75, 3.05) is 0 Å². The van der Waals surface area contributed by atoms with Crippen molar-refractivity contribution in [2.45, 2.75) is 57.9 Å². The molecule has 5 nitrogen and oxygen atoms in total. The lowest BCUT2D eigenvalue weighted by molar-refractivity contribution is 0.414. The lowest BCUT2D eigenvalue weighted by Gasteiger charge is -2.21. The second kappa shape index (κ2) is 6.47. The molecule has 4 rings (SSSR count). The van der Waals surface area contributed by atoms with Crippen LogP contribution in [-0.4, -0.2) is 9.55 Å². The number of rotatable bonds is 2. The number of hydrogen-bond donors (Lipinski definition) is 0. The molecule has 3 aromatic rings. The Labute approximate surface area is 145 Å². The lowest BCUT2D eigenvalue weighted by Crippen LogP contribution is -2.32. The summed E-state index contributed by atoms with van der Waals surface area (Å²) in [6.07, 6.45) is 7.23. The number of para-hydroxylation sites is 1. The number of nitrogens with zero attached hydrogens (tertiary/aromatic N) is 2. The van der Waals surface area contributed by atoms with Crippen molar-refractivity contribution < 1.29 is 4.42 Å². The first-order valence-electron chi connectivity index (χ1n) is 9.17. The van der Waals surface area contributed by atoms with Crippen molar-refractivity contribution in [3.8, 4) is 0 Å². The largest absolute Gasteiger partial charge is 0.437 e. The molecule has 1 aromatic carbocycles. The van der Waals surface area contributed by atoms with Gasteiger partial charge in [-0.05, 0) is 25.0 Å². The second-order valence-corrected chi connectivity index (χ2v) is 6.81. The summed E-state index contributed by atoms with van der Waals surface area (Å²) in [6, 6.07) is 7.16. The Morgan fingerprint density at radius 3 is 2.56 bits per heavy atom. The monoisotopic (exact) mass is 338 g/mol. The normalized spacial score (nSPS) is 16.4. The summed E-state index contributed by atoms with van der Waals surface area (Å²) in [6.45, 7) is 1.99. The molecule has 130 valence electrons. The van der Waals surface area contributed by atoms with Gasteiger partial charge in [-0.15, -0.1) is 0 Å². The Morgan fingerprint density at radius 2 is 1.84 bits per heavy atom. The maximum atomic E-state index is 13.2. The van der Waals surface area contributed by atoms with Gasteiger partial charge in [0.2, 0.25) is 11.1 Å². The summed E-state index contributed by atoms with van der Waals surface area (Å²) < 4.78 is 7.57. The third kappa shape index (κ3) is 2.68. The van der Waals surface area contributed by atoms with Crippen LogP contribution in [-0.2, 0) is 6.42 Å². The molecular weight excluding hydrogens is 316 g/mol. The molecule has 0 radical (unpaired) electrons. The second-order valence-electron chi connectivity index (χ2n) is 6.81. The molecule has 0 N–H and O–H groups in total. The smallest absolute Gasteiger partial charge is 0.269 e. The Kier molecular flexibility index (Phi) is 4.15. The zero-order valence-corrected chi connectivity index (χ0v) is 14.5. The summed E-state index contributed by atoms with van der Waals surface area (Å²) in [5.41, 5.74) is 0.115. The minimum Gasteiger partial charge on any atom is -0.437 e. The van der Waals surface area contributed by atoms with Crippen molar-refractivity contribution in [2.24, 2.45) is 0 Å². The lowest BCUT2D eigenvalue weighted by atomic mass is 10.1. The van der Waals surface area contributed by atoms with Crippen LogP contribution in [0.4, 0.5) is 0 Å². The number of benzene rings is 1. The summed E-state index contributed by atoms with van der Waals surface area (Å²) in [4.78, 5) is 30.7. The summed E-state index contributed by atoms with van der Waals surface area (Å²) in [5.74, 6) is 0.711. The molecular formula is C20H22N2O3. The molecule has 1 fully saturated rings. The third-order valence-electron chi connectivity index (χ3n) is 5.23. The zero-order valence-electron chi connectivity index (χ0n) is 14.5. The molecule has 0 saturated heterocycles. The van der Waals surface area contributed by atoms with Gasteiger partial charge < -0.3 is 4.42 Å². The third-order valence-corrected chi connectivity index (χ3v) is 5.23. The van der Waals surface area contributed by atoms with Crippen LogP contribution in [0.25, 0.3) is 22.1 Å². The van der Waals surface area contributed by atoms with Gasteiger partial charge in [-0.2, -0.15) is 4.98 Å². The zero-order chi connectivity index (χ0) is 17.4. The molecule has 0 unspecified atom stereocenters. The molecule has 0 atom stereocenters. The van der Waals surface area contributed by atoms with Crippen LogP contribution >= 0.6 is 0 Å². The summed E-state index contributed by atoms with van der Waals surface area (Å²) in [5, 5.41) is 0.519. The molecule has 1 aliphatic carbocycles. The fourth-order valence-corrected chi connectivity index (χ4v) is 3.95. The van der Waals surface area contributed by atoms with Gasteiger partial charge in [0, 0.05) is 12.5 Å². The predicted octanol–water partition coefficient (Wildman–Crippen LogP) is 3.96. The quantitative estimate of drug-likeness (QED) is 0.524. The minimum absolute atomic E-state index is 0.0835. The summed E-state index contributed by atoms with van der Waals surface area (Å²) >= 11 is 0. The first-order chi connectivity index (χ1) is 12.2. The van der Waals surface area contributed by atoms with Gasteiger partial charge in [0.15, 0.2) is 5.39 Å². The SMILES string of the molecule is CCc1nc2oc3ccccc3c(=O)c2c(=O)n1C1CCCCCC1. The average molecular weight is 338 g/mol. The van der Waals surface area contributed by atoms with Crippen molar-refractivity contribution in [1.82, 2.24) is 9.55 Å². The van der Waals surface area contributed by atoms with Gasteiger partial charge in [0.05, 0.1) is 5.39 Å². The molecule has 5 heteroatoms. The topological polar surface area (TPSA) is 65.1 Å². The van der Waals surface area contributed by atoms with E-state index < -0.39 is 0 Å². The van der Waals surface area contributed by atoms with Crippen LogP contribution in [0.15, 0.2) is 38.3 Å². The first kappa shape index (κ1) is 16.1. The Morgan fingerprint density at radius 1 is 1.12 bits per heavy atom. The maximum Gasteiger partial charge on any atom is 0.269 e. The average Bonchev–Trinajstić information content (AvgIpc) is 2.90. The van der Waals surface area contributed by atoms with Crippen molar-refractivity contribution in [3.63, 3.8) is 0 Å². The van der Waals surface area contributed by atoms with E-state index in [-0.39, 0.29) is 28.1 Å². The van der Waals surface area contributed by atoms with E-state index in [2.05, 4.69) is 4.98 Å². The van der Waals surface area contributed by atoms with Crippen molar-refractivity contribution in [3.05, 3.63) is 50.7 Å².